The van der Waals surface area contributed by atoms with Gasteiger partial charge in [-0.3, -0.25) is 4.79 Å². The van der Waals surface area contributed by atoms with Crippen molar-refractivity contribution in [3.63, 3.8) is 0 Å². The molecule has 1 heteroatoms. The fourth-order valence-corrected chi connectivity index (χ4v) is 1.09. The van der Waals surface area contributed by atoms with Crippen molar-refractivity contribution in [1.29, 1.82) is 0 Å². The highest BCUT2D eigenvalue weighted by Gasteiger charge is 2.25. The maximum atomic E-state index is 11.4. The predicted molar refractivity (Wildman–Crippen MR) is 46.3 cm³/mol. The van der Waals surface area contributed by atoms with Crippen LogP contribution in [-0.4, -0.2) is 5.78 Å². The molecule has 0 atom stereocenters. The van der Waals surface area contributed by atoms with Crippen LogP contribution >= 0.6 is 0 Å². The molecule has 11 heavy (non-hydrogen) atoms. The Morgan fingerprint density at radius 1 is 1.45 bits per heavy atom. The van der Waals surface area contributed by atoms with Crippen LogP contribution in [-0.2, 0) is 4.79 Å². The fraction of sp³-hybridized carbons (Fsp3) is 0.500. The lowest BCUT2D eigenvalue weighted by molar-refractivity contribution is -0.122. The molecule has 1 rings (SSSR count). The second kappa shape index (κ2) is 2.65. The number of hydrogen-bond acceptors (Lipinski definition) is 1. The van der Waals surface area contributed by atoms with Crippen molar-refractivity contribution in [1.82, 2.24) is 0 Å². The molecule has 0 aliphatic heterocycles. The first kappa shape index (κ1) is 8.25. The van der Waals surface area contributed by atoms with Crippen molar-refractivity contribution in [2.45, 2.75) is 27.2 Å². The van der Waals surface area contributed by atoms with Crippen molar-refractivity contribution >= 4 is 5.78 Å². The van der Waals surface area contributed by atoms with Crippen LogP contribution in [0.4, 0.5) is 0 Å². The highest BCUT2D eigenvalue weighted by Crippen LogP contribution is 2.26. The van der Waals surface area contributed by atoms with E-state index in [4.69, 9.17) is 0 Å². The van der Waals surface area contributed by atoms with Crippen LogP contribution < -0.4 is 0 Å². The smallest absolute Gasteiger partial charge is 0.161 e. The van der Waals surface area contributed by atoms with E-state index in [1.165, 1.54) is 0 Å². The minimum atomic E-state index is -0.200. The van der Waals surface area contributed by atoms with Crippen molar-refractivity contribution in [3.8, 4) is 0 Å². The van der Waals surface area contributed by atoms with Gasteiger partial charge >= 0.3 is 0 Å². The molecular formula is C10H14O. The third-order valence-electron chi connectivity index (χ3n) is 2.03. The number of rotatable bonds is 0. The summed E-state index contributed by atoms with van der Waals surface area (Å²) in [5.41, 5.74) is 0.856. The zero-order chi connectivity index (χ0) is 8.48. The molecule has 0 aromatic carbocycles. The molecule has 0 saturated carbocycles. The Balaban J connectivity index is 2.95. The van der Waals surface area contributed by atoms with Gasteiger partial charge in [0, 0.05) is 5.41 Å². The fourth-order valence-electron chi connectivity index (χ4n) is 1.09. The van der Waals surface area contributed by atoms with E-state index in [0.717, 1.165) is 12.0 Å². The van der Waals surface area contributed by atoms with Gasteiger partial charge in [-0.25, -0.2) is 0 Å². The van der Waals surface area contributed by atoms with Gasteiger partial charge in [-0.1, -0.05) is 26.0 Å². The van der Waals surface area contributed by atoms with Crippen LogP contribution in [0.15, 0.2) is 23.8 Å². The van der Waals surface area contributed by atoms with E-state index in [1.54, 1.807) is 6.08 Å². The average Bonchev–Trinajstić information content (AvgIpc) is 1.94. The first-order valence-electron chi connectivity index (χ1n) is 3.92. The van der Waals surface area contributed by atoms with Crippen LogP contribution in [0.3, 0.4) is 0 Å². The van der Waals surface area contributed by atoms with Crippen molar-refractivity contribution in [3.05, 3.63) is 23.8 Å². The summed E-state index contributed by atoms with van der Waals surface area (Å²) in [6.07, 6.45) is 6.65. The number of carbonyl (C=O) groups is 1. The van der Waals surface area contributed by atoms with Gasteiger partial charge in [-0.2, -0.15) is 0 Å². The predicted octanol–water partition coefficient (Wildman–Crippen LogP) is 2.49. The molecule has 0 N–H and O–H groups in total. The van der Waals surface area contributed by atoms with Crippen LogP contribution in [0.25, 0.3) is 0 Å². The summed E-state index contributed by atoms with van der Waals surface area (Å²) in [6, 6.07) is 0. The molecule has 0 bridgehead atoms. The largest absolute Gasteiger partial charge is 0.294 e. The summed E-state index contributed by atoms with van der Waals surface area (Å²) in [4.78, 5) is 11.4. The molecule has 0 aromatic heterocycles. The van der Waals surface area contributed by atoms with Crippen molar-refractivity contribution in [2.24, 2.45) is 5.41 Å². The molecule has 0 saturated heterocycles. The van der Waals surface area contributed by atoms with Crippen LogP contribution in [0.5, 0.6) is 0 Å². The Bertz CT molecular complexity index is 231. The normalized spacial score (nSPS) is 22.8. The number of allylic oxidation sites excluding steroid dienone is 4. The van der Waals surface area contributed by atoms with Crippen LogP contribution in [0.1, 0.15) is 27.2 Å². The monoisotopic (exact) mass is 150 g/mol. The van der Waals surface area contributed by atoms with Gasteiger partial charge in [-0.15, -0.1) is 0 Å². The SMILES string of the molecule is CC1=CC(=O)C(C)(C)CC=C1. The Morgan fingerprint density at radius 2 is 2.09 bits per heavy atom. The summed E-state index contributed by atoms with van der Waals surface area (Å²) in [7, 11) is 0. The molecule has 60 valence electrons. The summed E-state index contributed by atoms with van der Waals surface area (Å²) in [6.45, 7) is 5.92. The lowest BCUT2D eigenvalue weighted by Crippen LogP contribution is -2.20. The second-order valence-electron chi connectivity index (χ2n) is 3.74. The van der Waals surface area contributed by atoms with E-state index in [2.05, 4.69) is 6.08 Å². The first-order valence-corrected chi connectivity index (χ1v) is 3.92. The van der Waals surface area contributed by atoms with Gasteiger partial charge < -0.3 is 0 Å². The minimum absolute atomic E-state index is 0.200. The second-order valence-corrected chi connectivity index (χ2v) is 3.74. The van der Waals surface area contributed by atoms with E-state index in [-0.39, 0.29) is 11.2 Å². The van der Waals surface area contributed by atoms with E-state index < -0.39 is 0 Å². The average molecular weight is 150 g/mol. The highest BCUT2D eigenvalue weighted by atomic mass is 16.1. The van der Waals surface area contributed by atoms with Gasteiger partial charge in [0.15, 0.2) is 5.78 Å². The third-order valence-corrected chi connectivity index (χ3v) is 2.03. The summed E-state index contributed by atoms with van der Waals surface area (Å²) < 4.78 is 0. The lowest BCUT2D eigenvalue weighted by atomic mass is 9.85. The van der Waals surface area contributed by atoms with Gasteiger partial charge in [0.1, 0.15) is 0 Å². The van der Waals surface area contributed by atoms with Crippen LogP contribution in [0.2, 0.25) is 0 Å². The highest BCUT2D eigenvalue weighted by molar-refractivity contribution is 5.95. The summed E-state index contributed by atoms with van der Waals surface area (Å²) >= 11 is 0. The quantitative estimate of drug-likeness (QED) is 0.518. The Kier molecular flexibility index (Phi) is 1.99. The molecule has 0 unspecified atom stereocenters. The standard InChI is InChI=1S/C10H14O/c1-8-5-4-6-10(2,3)9(11)7-8/h4-5,7H,6H2,1-3H3. The van der Waals surface area contributed by atoms with Gasteiger partial charge in [0.25, 0.3) is 0 Å². The number of hydrogen-bond donors (Lipinski definition) is 0. The maximum Gasteiger partial charge on any atom is 0.161 e. The molecule has 0 amide bonds. The Morgan fingerprint density at radius 3 is 2.73 bits per heavy atom. The number of ketones is 1. The van der Waals surface area contributed by atoms with E-state index in [9.17, 15) is 4.79 Å². The van der Waals surface area contributed by atoms with Crippen molar-refractivity contribution < 1.29 is 4.79 Å². The minimum Gasteiger partial charge on any atom is -0.294 e. The zero-order valence-electron chi connectivity index (χ0n) is 7.35. The molecule has 1 aliphatic carbocycles. The molecule has 0 aromatic rings. The van der Waals surface area contributed by atoms with Crippen molar-refractivity contribution in [2.75, 3.05) is 0 Å². The van der Waals surface area contributed by atoms with Gasteiger partial charge in [0.2, 0.25) is 0 Å². The third kappa shape index (κ3) is 1.79. The molecular weight excluding hydrogens is 136 g/mol. The topological polar surface area (TPSA) is 17.1 Å². The number of carbonyl (C=O) groups excluding carboxylic acids is 1. The molecule has 0 heterocycles. The zero-order valence-corrected chi connectivity index (χ0v) is 7.35. The molecule has 0 fully saturated rings. The maximum absolute atomic E-state index is 11.4. The molecule has 0 spiro atoms. The molecule has 0 radical (unpaired) electrons. The van der Waals surface area contributed by atoms with Gasteiger partial charge in [0.05, 0.1) is 0 Å². The Hall–Kier alpha value is -0.850. The molecule has 1 nitrogen and oxygen atoms in total. The summed E-state index contributed by atoms with van der Waals surface area (Å²) in [5, 5.41) is 0. The van der Waals surface area contributed by atoms with E-state index in [1.807, 2.05) is 26.8 Å². The molecule has 1 aliphatic rings. The van der Waals surface area contributed by atoms with E-state index in [0.29, 0.717) is 0 Å². The lowest BCUT2D eigenvalue weighted by Gasteiger charge is -2.17. The van der Waals surface area contributed by atoms with E-state index >= 15 is 0 Å². The summed E-state index contributed by atoms with van der Waals surface area (Å²) in [5.74, 6) is 0.236. The van der Waals surface area contributed by atoms with Crippen LogP contribution in [0, 0.1) is 5.41 Å². The first-order chi connectivity index (χ1) is 5.02. The van der Waals surface area contributed by atoms with Gasteiger partial charge in [-0.05, 0) is 25.0 Å². The Labute approximate surface area is 67.8 Å².